The molecule has 0 amide bonds. The first-order valence-corrected chi connectivity index (χ1v) is 13.2. The number of rotatable bonds is 4. The van der Waals surface area contributed by atoms with Gasteiger partial charge < -0.3 is 5.11 Å². The van der Waals surface area contributed by atoms with Crippen LogP contribution in [0, 0.1) is 12.0 Å². The van der Waals surface area contributed by atoms with Crippen molar-refractivity contribution >= 4 is 38.1 Å². The molecule has 39 heavy (non-hydrogen) atoms. The summed E-state index contributed by atoms with van der Waals surface area (Å²) in [5.74, 6) is -2.61. The van der Waals surface area contributed by atoms with Gasteiger partial charge in [-0.15, -0.1) is 40.5 Å². The molecule has 0 unspecified atom stereocenters. The molecule has 0 saturated heterocycles. The number of ketones is 1. The first-order chi connectivity index (χ1) is 17.6. The van der Waals surface area contributed by atoms with Crippen LogP contribution in [0.3, 0.4) is 0 Å². The van der Waals surface area contributed by atoms with Crippen LogP contribution in [-0.4, -0.2) is 27.0 Å². The van der Waals surface area contributed by atoms with Crippen LogP contribution in [0.2, 0.25) is 0 Å². The van der Waals surface area contributed by atoms with Gasteiger partial charge in [0.05, 0.1) is 11.3 Å². The number of hydrogen-bond donors (Lipinski definition) is 1. The van der Waals surface area contributed by atoms with Gasteiger partial charge in [-0.05, 0) is 22.3 Å². The molecule has 0 spiro atoms. The van der Waals surface area contributed by atoms with Crippen molar-refractivity contribution in [3.05, 3.63) is 71.1 Å². The second kappa shape index (κ2) is 12.7. The predicted molar refractivity (Wildman–Crippen MR) is 149 cm³/mol. The average molecular weight is 734 g/mol. The molecule has 1 N–H and O–H groups in total. The minimum atomic E-state index is -4.90. The molecule has 1 radical (unpaired) electrons. The van der Waals surface area contributed by atoms with Crippen molar-refractivity contribution in [2.45, 2.75) is 66.0 Å². The first kappa shape index (κ1) is 32.6. The topological polar surface area (TPSA) is 63.1 Å². The largest absolute Gasteiger partial charge is 0.512 e. The molecule has 4 rings (SSSR count). The summed E-state index contributed by atoms with van der Waals surface area (Å²) in [7, 11) is 0. The Kier molecular flexibility index (Phi) is 10.6. The minimum Gasteiger partial charge on any atom is -0.512 e. The number of fused-ring (bicyclic) bond motifs is 2. The quantitative estimate of drug-likeness (QED) is 0.129. The molecule has 4 nitrogen and oxygen atoms in total. The maximum atomic E-state index is 11.6. The van der Waals surface area contributed by atoms with Gasteiger partial charge >= 0.3 is 6.18 Å². The molecule has 2 aromatic carbocycles. The molecule has 0 atom stereocenters. The van der Waals surface area contributed by atoms with Crippen molar-refractivity contribution in [2.24, 2.45) is 5.92 Å². The number of aliphatic hydroxyl groups is 1. The number of allylic oxidation sites excluding steroid dienone is 2. The SMILES string of the molecule is CC(C)/C(O)=C/C(=O)C(F)(F)F.CC(C)c1csc2c(-c3[c-]c4ccccc4c(C(C)(C)C)c3)ncnc12.[Ir]. The maximum absolute atomic E-state index is 11.6. The smallest absolute Gasteiger partial charge is 0.454 e. The van der Waals surface area contributed by atoms with Gasteiger partial charge in [0.15, 0.2) is 0 Å². The number of alkyl halides is 3. The molecular weight excluding hydrogens is 702 g/mol. The predicted octanol–water partition coefficient (Wildman–Crippen LogP) is 8.95. The van der Waals surface area contributed by atoms with Crippen molar-refractivity contribution in [3.63, 3.8) is 0 Å². The molecule has 0 bridgehead atoms. The van der Waals surface area contributed by atoms with Gasteiger partial charge in [-0.2, -0.15) is 13.2 Å². The summed E-state index contributed by atoms with van der Waals surface area (Å²) in [6, 6.07) is 14.4. The number of hydrogen-bond acceptors (Lipinski definition) is 5. The number of thiophene rings is 1. The number of aromatic nitrogens is 2. The Morgan fingerprint density at radius 1 is 1.08 bits per heavy atom. The molecule has 0 aliphatic carbocycles. The van der Waals surface area contributed by atoms with Crippen LogP contribution < -0.4 is 0 Å². The summed E-state index contributed by atoms with van der Waals surface area (Å²) in [6.07, 6.45) is -3.01. The summed E-state index contributed by atoms with van der Waals surface area (Å²) >= 11 is 1.74. The third kappa shape index (κ3) is 7.74. The van der Waals surface area contributed by atoms with Crippen molar-refractivity contribution < 1.29 is 43.2 Å². The number of nitrogens with zero attached hydrogens (tertiary/aromatic N) is 2. The van der Waals surface area contributed by atoms with E-state index in [-0.39, 0.29) is 31.6 Å². The van der Waals surface area contributed by atoms with E-state index < -0.39 is 23.6 Å². The molecule has 2 aromatic heterocycles. The van der Waals surface area contributed by atoms with E-state index in [1.54, 1.807) is 17.7 Å². The van der Waals surface area contributed by atoms with Gasteiger partial charge in [0.1, 0.15) is 6.33 Å². The summed E-state index contributed by atoms with van der Waals surface area (Å²) in [4.78, 5) is 19.4. The van der Waals surface area contributed by atoms with E-state index in [0.29, 0.717) is 5.92 Å². The maximum Gasteiger partial charge on any atom is 0.454 e. The molecule has 0 aliphatic rings. The molecule has 211 valence electrons. The van der Waals surface area contributed by atoms with Crippen LogP contribution in [0.15, 0.2) is 53.9 Å². The van der Waals surface area contributed by atoms with Gasteiger partial charge in [-0.25, -0.2) is 4.98 Å². The van der Waals surface area contributed by atoms with Gasteiger partial charge in [-0.3, -0.25) is 9.78 Å². The third-order valence-electron chi connectivity index (χ3n) is 5.99. The Hall–Kier alpha value is -2.61. The van der Waals surface area contributed by atoms with E-state index in [9.17, 15) is 18.0 Å². The third-order valence-corrected chi connectivity index (χ3v) is 6.99. The van der Waals surface area contributed by atoms with Crippen molar-refractivity contribution in [2.75, 3.05) is 0 Å². The van der Waals surface area contributed by atoms with E-state index in [0.717, 1.165) is 26.9 Å². The molecular formula is C30H32F3IrN2O2S-. The fraction of sp³-hybridized carbons (Fsp3) is 0.367. The zero-order chi connectivity index (χ0) is 28.4. The second-order valence-electron chi connectivity index (χ2n) is 10.7. The van der Waals surface area contributed by atoms with Crippen molar-refractivity contribution in [1.82, 2.24) is 9.97 Å². The summed E-state index contributed by atoms with van der Waals surface area (Å²) in [5.41, 5.74) is 5.80. The van der Waals surface area contributed by atoms with Gasteiger partial charge in [-0.1, -0.05) is 77.6 Å². The second-order valence-corrected chi connectivity index (χ2v) is 11.6. The summed E-state index contributed by atoms with van der Waals surface area (Å²) < 4.78 is 35.9. The van der Waals surface area contributed by atoms with Gasteiger partial charge in [0, 0.05) is 42.5 Å². The number of carbonyl (C=O) groups is 1. The summed E-state index contributed by atoms with van der Waals surface area (Å²) in [6.45, 7) is 14.2. The van der Waals surface area contributed by atoms with E-state index in [1.807, 2.05) is 0 Å². The van der Waals surface area contributed by atoms with Crippen LogP contribution in [0.1, 0.15) is 65.5 Å². The monoisotopic (exact) mass is 734 g/mol. The van der Waals surface area contributed by atoms with Gasteiger partial charge in [0.2, 0.25) is 0 Å². The number of benzene rings is 2. The molecule has 4 aromatic rings. The van der Waals surface area contributed by atoms with Crippen molar-refractivity contribution in [3.8, 4) is 11.3 Å². The van der Waals surface area contributed by atoms with Crippen LogP contribution >= 0.6 is 11.3 Å². The van der Waals surface area contributed by atoms with Crippen LogP contribution in [0.25, 0.3) is 32.2 Å². The Bertz CT molecular complexity index is 1490. The number of aliphatic hydroxyl groups excluding tert-OH is 1. The van der Waals surface area contributed by atoms with Crippen LogP contribution in [-0.2, 0) is 30.3 Å². The van der Waals surface area contributed by atoms with Gasteiger partial charge in [0.25, 0.3) is 5.78 Å². The Morgan fingerprint density at radius 2 is 1.72 bits per heavy atom. The van der Waals surface area contributed by atoms with Crippen LogP contribution in [0.4, 0.5) is 13.2 Å². The zero-order valence-corrected chi connectivity index (χ0v) is 26.1. The molecule has 0 fully saturated rings. The normalized spacial score (nSPS) is 12.5. The van der Waals surface area contributed by atoms with E-state index >= 15 is 0 Å². The van der Waals surface area contributed by atoms with E-state index in [4.69, 9.17) is 5.11 Å². The molecule has 0 saturated carbocycles. The van der Waals surface area contributed by atoms with E-state index in [1.165, 1.54) is 30.4 Å². The molecule has 2 heterocycles. The van der Waals surface area contributed by atoms with E-state index in [2.05, 4.69) is 86.4 Å². The first-order valence-electron chi connectivity index (χ1n) is 12.3. The fourth-order valence-electron chi connectivity index (χ4n) is 3.83. The zero-order valence-electron chi connectivity index (χ0n) is 22.9. The average Bonchev–Trinajstić information content (AvgIpc) is 3.27. The van der Waals surface area contributed by atoms with Crippen LogP contribution in [0.5, 0.6) is 0 Å². The summed E-state index contributed by atoms with van der Waals surface area (Å²) in [5, 5.41) is 13.4. The number of halogens is 3. The molecule has 0 aliphatic heterocycles. The number of carbonyl (C=O) groups excluding carboxylic acids is 1. The minimum absolute atomic E-state index is 0. The molecule has 9 heteroatoms. The standard InChI is InChI=1S/C23H23N2S.C7H9F3O2.Ir/c1-14(2)18-12-26-22-20(24-13-25-21(18)22)16-10-15-8-6-7-9-17(15)19(11-16)23(3,4)5;1-4(2)5(11)3-6(12)7(8,9)10;/h6-9,11-14H,1-5H3;3-4,11H,1-2H3;/q-1;;/b;5-3-;. The Morgan fingerprint density at radius 3 is 2.28 bits per heavy atom. The van der Waals surface area contributed by atoms with Crippen molar-refractivity contribution in [1.29, 1.82) is 0 Å². The Labute approximate surface area is 244 Å². The fourth-order valence-corrected chi connectivity index (χ4v) is 5.02. The Balaban J connectivity index is 0.000000352.